The van der Waals surface area contributed by atoms with Crippen LogP contribution in [-0.2, 0) is 6.54 Å². The summed E-state index contributed by atoms with van der Waals surface area (Å²) in [5.74, 6) is 5.94. The number of hydrogen-bond donors (Lipinski definition) is 3. The molecule has 0 aromatic carbocycles. The zero-order valence-corrected chi connectivity index (χ0v) is 9.50. The number of hydrogen-bond acceptors (Lipinski definition) is 5. The van der Waals surface area contributed by atoms with E-state index in [-0.39, 0.29) is 0 Å². The van der Waals surface area contributed by atoms with Crippen LogP contribution in [0.15, 0.2) is 36.8 Å². The van der Waals surface area contributed by atoms with Crippen LogP contribution in [0.4, 0.5) is 11.5 Å². The monoisotopic (exact) mass is 232 g/mol. The molecule has 6 nitrogen and oxygen atoms in total. The molecule has 0 fully saturated rings. The summed E-state index contributed by atoms with van der Waals surface area (Å²) in [5.41, 5.74) is 3.52. The number of hydrazine groups is 1. The van der Waals surface area contributed by atoms with E-state index >= 15 is 0 Å². The molecule has 6 heteroatoms. The molecule has 90 valence electrons. The van der Waals surface area contributed by atoms with E-state index in [1.54, 1.807) is 12.4 Å². The molecule has 0 atom stereocenters. The molecule has 0 saturated carbocycles. The van der Waals surface area contributed by atoms with Crippen LogP contribution < -0.4 is 16.6 Å². The molecule has 2 aromatic rings. The van der Waals surface area contributed by atoms with Crippen LogP contribution in [0.2, 0.25) is 0 Å². The lowest BCUT2D eigenvalue weighted by molar-refractivity contribution is 0.592. The Kier molecular flexibility index (Phi) is 3.93. The summed E-state index contributed by atoms with van der Waals surface area (Å²) in [4.78, 5) is 4.04. The minimum absolute atomic E-state index is 0.655. The van der Waals surface area contributed by atoms with Gasteiger partial charge in [-0.3, -0.25) is 4.68 Å². The Morgan fingerprint density at radius 1 is 1.35 bits per heavy atom. The molecule has 0 saturated heterocycles. The lowest BCUT2D eigenvalue weighted by Crippen LogP contribution is -2.10. The molecule has 0 aliphatic heterocycles. The Bertz CT molecular complexity index is 439. The van der Waals surface area contributed by atoms with Gasteiger partial charge in [-0.05, 0) is 18.6 Å². The molecule has 0 unspecified atom stereocenters. The molecular weight excluding hydrogens is 216 g/mol. The van der Waals surface area contributed by atoms with Crippen LogP contribution >= 0.6 is 0 Å². The lowest BCUT2D eigenvalue weighted by Gasteiger charge is -2.07. The summed E-state index contributed by atoms with van der Waals surface area (Å²) in [6.07, 6.45) is 6.47. The summed E-state index contributed by atoms with van der Waals surface area (Å²) in [7, 11) is 0. The molecule has 0 spiro atoms. The van der Waals surface area contributed by atoms with Crippen molar-refractivity contribution in [3.05, 3.63) is 36.8 Å². The van der Waals surface area contributed by atoms with Gasteiger partial charge in [0, 0.05) is 43.4 Å². The van der Waals surface area contributed by atoms with Gasteiger partial charge in [0.15, 0.2) is 0 Å². The van der Waals surface area contributed by atoms with Crippen molar-refractivity contribution < 1.29 is 0 Å². The Hall–Kier alpha value is -2.08. The molecule has 2 rings (SSSR count). The van der Waals surface area contributed by atoms with E-state index in [0.717, 1.165) is 25.2 Å². The highest BCUT2D eigenvalue weighted by atomic mass is 15.3. The number of nitrogens with one attached hydrogen (secondary N) is 2. The van der Waals surface area contributed by atoms with Gasteiger partial charge in [-0.1, -0.05) is 0 Å². The number of nitrogens with two attached hydrogens (primary N) is 1. The first kappa shape index (κ1) is 11.4. The average Bonchev–Trinajstić information content (AvgIpc) is 2.88. The first-order valence-corrected chi connectivity index (χ1v) is 5.52. The van der Waals surface area contributed by atoms with Crippen molar-refractivity contribution in [2.75, 3.05) is 17.3 Å². The average molecular weight is 232 g/mol. The summed E-state index contributed by atoms with van der Waals surface area (Å²) < 4.78 is 1.92. The van der Waals surface area contributed by atoms with Crippen LogP contribution in [0.1, 0.15) is 6.42 Å². The van der Waals surface area contributed by atoms with Gasteiger partial charge in [0.1, 0.15) is 5.82 Å². The zero-order chi connectivity index (χ0) is 11.9. The van der Waals surface area contributed by atoms with Gasteiger partial charge in [0.05, 0.1) is 0 Å². The minimum Gasteiger partial charge on any atom is -0.385 e. The van der Waals surface area contributed by atoms with Crippen LogP contribution in [0.25, 0.3) is 0 Å². The fourth-order valence-corrected chi connectivity index (χ4v) is 1.53. The van der Waals surface area contributed by atoms with E-state index in [2.05, 4.69) is 20.8 Å². The second-order valence-electron chi connectivity index (χ2n) is 3.62. The first-order valence-electron chi connectivity index (χ1n) is 5.52. The summed E-state index contributed by atoms with van der Waals surface area (Å²) in [5, 5.41) is 7.45. The van der Waals surface area contributed by atoms with Crippen LogP contribution in [0, 0.1) is 0 Å². The van der Waals surface area contributed by atoms with Crippen LogP contribution in [0.5, 0.6) is 0 Å². The fraction of sp³-hybridized carbons (Fsp3) is 0.273. The number of pyridine rings is 1. The van der Waals surface area contributed by atoms with Crippen LogP contribution in [0.3, 0.4) is 0 Å². The van der Waals surface area contributed by atoms with Crippen molar-refractivity contribution in [3.8, 4) is 0 Å². The van der Waals surface area contributed by atoms with Gasteiger partial charge < -0.3 is 10.7 Å². The summed E-state index contributed by atoms with van der Waals surface area (Å²) in [6, 6.07) is 5.71. The molecule has 4 N–H and O–H groups in total. The minimum atomic E-state index is 0.655. The predicted octanol–water partition coefficient (Wildman–Crippen LogP) is 1.07. The maximum Gasteiger partial charge on any atom is 0.141 e. The molecule has 0 amide bonds. The number of aryl methyl sites for hydroxylation is 1. The van der Waals surface area contributed by atoms with Crippen molar-refractivity contribution in [3.63, 3.8) is 0 Å². The molecule has 2 heterocycles. The maximum atomic E-state index is 5.29. The van der Waals surface area contributed by atoms with Gasteiger partial charge in [0.2, 0.25) is 0 Å². The fourth-order valence-electron chi connectivity index (χ4n) is 1.53. The van der Waals surface area contributed by atoms with Gasteiger partial charge in [-0.25, -0.2) is 10.8 Å². The maximum absolute atomic E-state index is 5.29. The van der Waals surface area contributed by atoms with E-state index in [4.69, 9.17) is 5.84 Å². The molecule has 0 radical (unpaired) electrons. The number of rotatable bonds is 6. The van der Waals surface area contributed by atoms with E-state index in [0.29, 0.717) is 5.82 Å². The normalized spacial score (nSPS) is 10.2. The Balaban J connectivity index is 1.74. The summed E-state index contributed by atoms with van der Waals surface area (Å²) in [6.45, 7) is 1.79. The Labute approximate surface area is 99.8 Å². The van der Waals surface area contributed by atoms with Gasteiger partial charge in [0.25, 0.3) is 0 Å². The standard InChI is InChI=1S/C11H16N6/c12-16-11-9-10(3-6-14-11)13-4-1-7-17-8-2-5-15-17/h2-3,5-6,8-9H,1,4,7,12H2,(H2,13,14,16). The number of anilines is 2. The van der Waals surface area contributed by atoms with Crippen molar-refractivity contribution in [2.45, 2.75) is 13.0 Å². The van der Waals surface area contributed by atoms with Crippen LogP contribution in [-0.4, -0.2) is 21.3 Å². The number of nitrogens with zero attached hydrogens (tertiary/aromatic N) is 3. The third kappa shape index (κ3) is 3.46. The Morgan fingerprint density at radius 3 is 3.06 bits per heavy atom. The zero-order valence-electron chi connectivity index (χ0n) is 9.50. The van der Waals surface area contributed by atoms with Crippen molar-refractivity contribution >= 4 is 11.5 Å². The first-order chi connectivity index (χ1) is 8.38. The number of aromatic nitrogens is 3. The quantitative estimate of drug-likeness (QED) is 0.394. The molecular formula is C11H16N6. The molecule has 17 heavy (non-hydrogen) atoms. The topological polar surface area (TPSA) is 80.8 Å². The smallest absolute Gasteiger partial charge is 0.141 e. The molecule has 0 aliphatic rings. The highest BCUT2D eigenvalue weighted by molar-refractivity contribution is 5.51. The van der Waals surface area contributed by atoms with Gasteiger partial charge >= 0.3 is 0 Å². The van der Waals surface area contributed by atoms with Crippen molar-refractivity contribution in [1.82, 2.24) is 14.8 Å². The molecule has 0 aliphatic carbocycles. The van der Waals surface area contributed by atoms with E-state index in [9.17, 15) is 0 Å². The van der Waals surface area contributed by atoms with E-state index in [1.807, 2.05) is 29.1 Å². The third-order valence-corrected chi connectivity index (χ3v) is 2.36. The predicted molar refractivity (Wildman–Crippen MR) is 67.4 cm³/mol. The van der Waals surface area contributed by atoms with Crippen molar-refractivity contribution in [1.29, 1.82) is 0 Å². The third-order valence-electron chi connectivity index (χ3n) is 2.36. The highest BCUT2D eigenvalue weighted by Gasteiger charge is 1.95. The lowest BCUT2D eigenvalue weighted by atomic mass is 10.3. The van der Waals surface area contributed by atoms with Gasteiger partial charge in [-0.15, -0.1) is 0 Å². The van der Waals surface area contributed by atoms with E-state index < -0.39 is 0 Å². The SMILES string of the molecule is NNc1cc(NCCCn2cccn2)ccn1. The van der Waals surface area contributed by atoms with E-state index in [1.165, 1.54) is 0 Å². The molecule has 2 aromatic heterocycles. The number of nitrogen functional groups attached to an aromatic ring is 1. The summed E-state index contributed by atoms with van der Waals surface area (Å²) >= 11 is 0. The second-order valence-corrected chi connectivity index (χ2v) is 3.62. The highest BCUT2D eigenvalue weighted by Crippen LogP contribution is 2.10. The Morgan fingerprint density at radius 2 is 2.29 bits per heavy atom. The van der Waals surface area contributed by atoms with Crippen molar-refractivity contribution in [2.24, 2.45) is 5.84 Å². The largest absolute Gasteiger partial charge is 0.385 e. The van der Waals surface area contributed by atoms with Gasteiger partial charge in [-0.2, -0.15) is 5.10 Å². The second kappa shape index (κ2) is 5.86. The molecule has 0 bridgehead atoms.